The van der Waals surface area contributed by atoms with Gasteiger partial charge < -0.3 is 14.2 Å². The van der Waals surface area contributed by atoms with Gasteiger partial charge in [-0.25, -0.2) is 0 Å². The second-order valence-corrected chi connectivity index (χ2v) is 5.27. The van der Waals surface area contributed by atoms with Gasteiger partial charge in [0.25, 0.3) is 0 Å². The Bertz CT molecular complexity index is 663. The minimum absolute atomic E-state index is 0.300. The van der Waals surface area contributed by atoms with Crippen molar-refractivity contribution in [2.75, 3.05) is 7.11 Å². The largest absolute Gasteiger partial charge is 0.497 e. The summed E-state index contributed by atoms with van der Waals surface area (Å²) in [7, 11) is 1.63. The summed E-state index contributed by atoms with van der Waals surface area (Å²) in [5, 5.41) is 0. The van der Waals surface area contributed by atoms with Crippen molar-refractivity contribution in [2.45, 2.75) is 25.6 Å². The van der Waals surface area contributed by atoms with Crippen molar-refractivity contribution in [3.8, 4) is 11.5 Å². The predicted molar refractivity (Wildman–Crippen MR) is 82.1 cm³/mol. The number of esters is 1. The van der Waals surface area contributed by atoms with E-state index in [-0.39, 0.29) is 18.2 Å². The van der Waals surface area contributed by atoms with E-state index in [1.165, 1.54) is 6.92 Å². The molecule has 0 radical (unpaired) electrons. The Kier molecular flexibility index (Phi) is 4.00. The summed E-state index contributed by atoms with van der Waals surface area (Å²) >= 11 is 0. The van der Waals surface area contributed by atoms with Gasteiger partial charge in [0.1, 0.15) is 17.6 Å². The Morgan fingerprint density at radius 1 is 1.14 bits per heavy atom. The fourth-order valence-corrected chi connectivity index (χ4v) is 2.72. The summed E-state index contributed by atoms with van der Waals surface area (Å²) in [6.45, 7) is 1.42. The van der Waals surface area contributed by atoms with Crippen LogP contribution < -0.4 is 9.47 Å². The van der Waals surface area contributed by atoms with Crippen LogP contribution in [0.4, 0.5) is 0 Å². The van der Waals surface area contributed by atoms with E-state index in [0.29, 0.717) is 6.42 Å². The molecule has 0 spiro atoms. The molecule has 0 aliphatic carbocycles. The van der Waals surface area contributed by atoms with E-state index < -0.39 is 0 Å². The highest BCUT2D eigenvalue weighted by molar-refractivity contribution is 5.66. The number of ether oxygens (including phenoxy) is 3. The van der Waals surface area contributed by atoms with Crippen LogP contribution in [0, 0.1) is 0 Å². The number of fused-ring (bicyclic) bond motifs is 1. The van der Waals surface area contributed by atoms with Crippen LogP contribution >= 0.6 is 0 Å². The molecule has 0 unspecified atom stereocenters. The van der Waals surface area contributed by atoms with Gasteiger partial charge in [-0.3, -0.25) is 4.79 Å². The van der Waals surface area contributed by atoms with Crippen LogP contribution in [0.2, 0.25) is 0 Å². The van der Waals surface area contributed by atoms with Crippen molar-refractivity contribution in [1.82, 2.24) is 0 Å². The number of hydrogen-bond donors (Lipinski definition) is 0. The molecule has 4 nitrogen and oxygen atoms in total. The molecular formula is C18H18O4. The number of methoxy groups -OCH3 is 1. The third-order valence-corrected chi connectivity index (χ3v) is 3.75. The first-order valence-corrected chi connectivity index (χ1v) is 7.23. The molecule has 0 bridgehead atoms. The summed E-state index contributed by atoms with van der Waals surface area (Å²) in [6.07, 6.45) is -0.00240. The number of carbonyl (C=O) groups is 1. The molecule has 0 amide bonds. The van der Waals surface area contributed by atoms with E-state index in [1.807, 2.05) is 48.5 Å². The smallest absolute Gasteiger partial charge is 0.303 e. The minimum atomic E-state index is -0.333. The van der Waals surface area contributed by atoms with Crippen LogP contribution in [0.5, 0.6) is 11.5 Å². The van der Waals surface area contributed by atoms with E-state index in [9.17, 15) is 4.79 Å². The minimum Gasteiger partial charge on any atom is -0.497 e. The van der Waals surface area contributed by atoms with Crippen LogP contribution in [0.15, 0.2) is 48.5 Å². The Morgan fingerprint density at radius 2 is 1.86 bits per heavy atom. The average molecular weight is 298 g/mol. The summed E-state index contributed by atoms with van der Waals surface area (Å²) in [6, 6.07) is 15.5. The lowest BCUT2D eigenvalue weighted by molar-refractivity contribution is -0.152. The highest BCUT2D eigenvalue weighted by Gasteiger charge is 2.33. The van der Waals surface area contributed by atoms with E-state index in [0.717, 1.165) is 22.6 Å². The molecule has 1 aliphatic heterocycles. The van der Waals surface area contributed by atoms with Gasteiger partial charge in [0.05, 0.1) is 7.11 Å². The highest BCUT2D eigenvalue weighted by atomic mass is 16.6. The lowest BCUT2D eigenvalue weighted by Crippen LogP contribution is -2.34. The van der Waals surface area contributed by atoms with Crippen LogP contribution in [-0.4, -0.2) is 19.2 Å². The molecule has 1 aliphatic rings. The number of para-hydroxylation sites is 1. The lowest BCUT2D eigenvalue weighted by Gasteiger charge is -2.33. The first-order chi connectivity index (χ1) is 10.7. The molecule has 2 aromatic carbocycles. The van der Waals surface area contributed by atoms with Crippen molar-refractivity contribution in [2.24, 2.45) is 0 Å². The Balaban J connectivity index is 1.93. The Hall–Kier alpha value is -2.49. The zero-order valence-corrected chi connectivity index (χ0v) is 12.6. The van der Waals surface area contributed by atoms with Gasteiger partial charge in [-0.05, 0) is 29.3 Å². The van der Waals surface area contributed by atoms with Crippen LogP contribution in [-0.2, 0) is 16.0 Å². The highest BCUT2D eigenvalue weighted by Crippen LogP contribution is 2.36. The first kappa shape index (κ1) is 14.4. The predicted octanol–water partition coefficient (Wildman–Crippen LogP) is 3.30. The first-order valence-electron chi connectivity index (χ1n) is 7.23. The molecule has 2 aromatic rings. The molecule has 114 valence electrons. The third kappa shape index (κ3) is 2.91. The van der Waals surface area contributed by atoms with Gasteiger partial charge >= 0.3 is 5.97 Å². The van der Waals surface area contributed by atoms with Crippen LogP contribution in [0.25, 0.3) is 0 Å². The molecule has 0 saturated carbocycles. The molecule has 2 atom stereocenters. The van der Waals surface area contributed by atoms with E-state index >= 15 is 0 Å². The maximum absolute atomic E-state index is 11.4. The molecule has 22 heavy (non-hydrogen) atoms. The van der Waals surface area contributed by atoms with Crippen LogP contribution in [0.3, 0.4) is 0 Å². The third-order valence-electron chi connectivity index (χ3n) is 3.75. The van der Waals surface area contributed by atoms with Crippen molar-refractivity contribution < 1.29 is 19.0 Å². The van der Waals surface area contributed by atoms with E-state index in [4.69, 9.17) is 14.2 Å². The van der Waals surface area contributed by atoms with Gasteiger partial charge in [0.2, 0.25) is 0 Å². The molecule has 4 heteroatoms. The second kappa shape index (κ2) is 6.10. The zero-order valence-electron chi connectivity index (χ0n) is 12.6. The molecule has 3 rings (SSSR count). The van der Waals surface area contributed by atoms with Gasteiger partial charge in [0.15, 0.2) is 6.10 Å². The summed E-state index contributed by atoms with van der Waals surface area (Å²) in [5.74, 6) is 1.32. The molecule has 1 heterocycles. The normalized spacial score (nSPS) is 19.7. The Labute approximate surface area is 129 Å². The molecule has 0 aromatic heterocycles. The van der Waals surface area contributed by atoms with Gasteiger partial charge in [-0.15, -0.1) is 0 Å². The van der Waals surface area contributed by atoms with E-state index in [2.05, 4.69) is 0 Å². The fraction of sp³-hybridized carbons (Fsp3) is 0.278. The molecule has 0 N–H and O–H groups in total. The number of benzene rings is 2. The molecule has 0 saturated heterocycles. The quantitative estimate of drug-likeness (QED) is 0.816. The van der Waals surface area contributed by atoms with Gasteiger partial charge in [0, 0.05) is 13.3 Å². The topological polar surface area (TPSA) is 44.8 Å². The lowest BCUT2D eigenvalue weighted by atomic mass is 9.94. The Morgan fingerprint density at radius 3 is 2.55 bits per heavy atom. The maximum atomic E-state index is 11.4. The van der Waals surface area contributed by atoms with Crippen LogP contribution in [0.1, 0.15) is 24.2 Å². The summed E-state index contributed by atoms with van der Waals surface area (Å²) < 4.78 is 16.7. The van der Waals surface area contributed by atoms with Gasteiger partial charge in [-0.2, -0.15) is 0 Å². The maximum Gasteiger partial charge on any atom is 0.303 e. The number of carbonyl (C=O) groups excluding carboxylic acids is 1. The van der Waals surface area contributed by atoms with Crippen molar-refractivity contribution in [3.05, 3.63) is 59.7 Å². The second-order valence-electron chi connectivity index (χ2n) is 5.27. The number of rotatable bonds is 3. The summed E-state index contributed by atoms with van der Waals surface area (Å²) in [5.41, 5.74) is 2.01. The monoisotopic (exact) mass is 298 g/mol. The van der Waals surface area contributed by atoms with E-state index in [1.54, 1.807) is 7.11 Å². The summed E-state index contributed by atoms with van der Waals surface area (Å²) in [4.78, 5) is 11.4. The fourth-order valence-electron chi connectivity index (χ4n) is 2.72. The van der Waals surface area contributed by atoms with Gasteiger partial charge in [-0.1, -0.05) is 30.3 Å². The van der Waals surface area contributed by atoms with Crippen molar-refractivity contribution in [1.29, 1.82) is 0 Å². The number of hydrogen-bond acceptors (Lipinski definition) is 4. The standard InChI is InChI=1S/C18H18O4/c1-12(19)21-17-11-14-5-3-4-6-16(14)22-18(17)13-7-9-15(20-2)10-8-13/h3-10,17-18H,11H2,1-2H3/t17-,18+/m0/s1. The SMILES string of the molecule is COc1ccc([C@H]2Oc3ccccc3C[C@@H]2OC(C)=O)cc1. The molecule has 0 fully saturated rings. The van der Waals surface area contributed by atoms with Crippen molar-refractivity contribution >= 4 is 5.97 Å². The zero-order chi connectivity index (χ0) is 15.5. The molecular weight excluding hydrogens is 280 g/mol. The van der Waals surface area contributed by atoms with Crippen molar-refractivity contribution in [3.63, 3.8) is 0 Å². The average Bonchev–Trinajstić information content (AvgIpc) is 2.54.